The van der Waals surface area contributed by atoms with Crippen LogP contribution >= 0.6 is 11.6 Å². The molecule has 0 unspecified atom stereocenters. The zero-order valence-corrected chi connectivity index (χ0v) is 16.3. The van der Waals surface area contributed by atoms with Gasteiger partial charge >= 0.3 is 0 Å². The first kappa shape index (κ1) is 18.2. The van der Waals surface area contributed by atoms with Crippen molar-refractivity contribution in [2.24, 2.45) is 5.41 Å². The topological polar surface area (TPSA) is 72.3 Å². The van der Waals surface area contributed by atoms with Gasteiger partial charge in [0.2, 0.25) is 0 Å². The molecule has 6 nitrogen and oxygen atoms in total. The molecule has 0 saturated carbocycles. The molecule has 9 heteroatoms. The molecule has 4 aromatic heterocycles. The molecule has 148 valence electrons. The summed E-state index contributed by atoms with van der Waals surface area (Å²) in [7, 11) is 0. The van der Waals surface area contributed by atoms with Crippen molar-refractivity contribution >= 4 is 22.6 Å². The van der Waals surface area contributed by atoms with Crippen LogP contribution in [0, 0.1) is 11.2 Å². The molecule has 0 aliphatic carbocycles. The van der Waals surface area contributed by atoms with Crippen LogP contribution in [0.15, 0.2) is 30.6 Å². The van der Waals surface area contributed by atoms with E-state index in [4.69, 9.17) is 16.7 Å². The number of alkyl halides is 1. The monoisotopic (exact) mass is 414 g/mol. The molecule has 0 aromatic carbocycles. The Labute approximate surface area is 169 Å². The number of hydrogen-bond acceptors (Lipinski definition) is 4. The summed E-state index contributed by atoms with van der Waals surface area (Å²) >= 11 is 6.36. The minimum Gasteiger partial charge on any atom is -0.268 e. The van der Waals surface area contributed by atoms with Crippen LogP contribution in [0.25, 0.3) is 33.5 Å². The molecule has 1 aliphatic heterocycles. The summed E-state index contributed by atoms with van der Waals surface area (Å²) in [5.41, 5.74) is 3.81. The molecule has 0 radical (unpaired) electrons. The minimum absolute atomic E-state index is 0.380. The average Bonchev–Trinajstić information content (AvgIpc) is 3.29. The smallest absolute Gasteiger partial charge is 0.183 e. The first-order valence-corrected chi connectivity index (χ1v) is 9.63. The van der Waals surface area contributed by atoms with Crippen molar-refractivity contribution in [3.05, 3.63) is 47.3 Å². The molecule has 0 fully saturated rings. The van der Waals surface area contributed by atoms with Crippen molar-refractivity contribution in [3.63, 3.8) is 0 Å². The summed E-state index contributed by atoms with van der Waals surface area (Å²) in [6, 6.07) is 4.80. The maximum absolute atomic E-state index is 13.6. The quantitative estimate of drug-likeness (QED) is 0.532. The van der Waals surface area contributed by atoms with Crippen LogP contribution in [0.4, 0.5) is 8.78 Å². The fourth-order valence-corrected chi connectivity index (χ4v) is 4.18. The van der Waals surface area contributed by atoms with Crippen LogP contribution < -0.4 is 0 Å². The Kier molecular flexibility index (Phi) is 4.13. The number of pyridine rings is 2. The predicted octanol–water partition coefficient (Wildman–Crippen LogP) is 4.60. The van der Waals surface area contributed by atoms with Crippen molar-refractivity contribution in [3.8, 4) is 22.5 Å². The van der Waals surface area contributed by atoms with E-state index in [-0.39, 0.29) is 0 Å². The van der Waals surface area contributed by atoms with Gasteiger partial charge in [-0.05, 0) is 31.0 Å². The van der Waals surface area contributed by atoms with Gasteiger partial charge in [-0.2, -0.15) is 10.2 Å². The lowest BCUT2D eigenvalue weighted by molar-refractivity contribution is 0.155. The number of nitrogens with one attached hydrogen (secondary N) is 1. The van der Waals surface area contributed by atoms with Gasteiger partial charge in [0.15, 0.2) is 5.65 Å². The van der Waals surface area contributed by atoms with E-state index in [1.54, 1.807) is 12.3 Å². The van der Waals surface area contributed by atoms with Gasteiger partial charge in [0.1, 0.15) is 16.7 Å². The summed E-state index contributed by atoms with van der Waals surface area (Å²) < 4.78 is 28.9. The normalized spacial score (nSPS) is 18.9. The van der Waals surface area contributed by atoms with Gasteiger partial charge in [0.25, 0.3) is 0 Å². The van der Waals surface area contributed by atoms with E-state index in [1.807, 2.05) is 17.7 Å². The summed E-state index contributed by atoms with van der Waals surface area (Å²) in [6.45, 7) is 1.96. The van der Waals surface area contributed by atoms with Crippen LogP contribution in [0.2, 0.25) is 5.15 Å². The Morgan fingerprint density at radius 3 is 2.90 bits per heavy atom. The summed E-state index contributed by atoms with van der Waals surface area (Å²) in [4.78, 5) is 8.49. The SMILES string of the molecule is C[C@@]1(CF)CCc2c(-c3ccnc4n[nH]c(Cl)c34)c(-c3ccc(F)cn3)nn2C1. The van der Waals surface area contributed by atoms with Crippen molar-refractivity contribution in [1.29, 1.82) is 0 Å². The second kappa shape index (κ2) is 6.59. The Hall–Kier alpha value is -2.87. The van der Waals surface area contributed by atoms with Gasteiger partial charge in [-0.3, -0.25) is 19.2 Å². The molecular weight excluding hydrogens is 398 g/mol. The van der Waals surface area contributed by atoms with Gasteiger partial charge in [0.05, 0.1) is 24.0 Å². The largest absolute Gasteiger partial charge is 0.268 e. The molecular formula is C20H17ClF2N6. The lowest BCUT2D eigenvalue weighted by Gasteiger charge is -2.31. The fraction of sp³-hybridized carbons (Fsp3) is 0.300. The average molecular weight is 415 g/mol. The van der Waals surface area contributed by atoms with E-state index >= 15 is 0 Å². The first-order chi connectivity index (χ1) is 14.0. The lowest BCUT2D eigenvalue weighted by atomic mass is 9.82. The van der Waals surface area contributed by atoms with Crippen molar-refractivity contribution < 1.29 is 8.78 Å². The minimum atomic E-state index is -0.468. The summed E-state index contributed by atoms with van der Waals surface area (Å²) in [5, 5.41) is 12.7. The van der Waals surface area contributed by atoms with Crippen LogP contribution in [0.3, 0.4) is 0 Å². The highest BCUT2D eigenvalue weighted by molar-refractivity contribution is 6.35. The second-order valence-electron chi connectivity index (χ2n) is 7.73. The fourth-order valence-electron chi connectivity index (χ4n) is 3.95. The van der Waals surface area contributed by atoms with Crippen LogP contribution in [0.5, 0.6) is 0 Å². The van der Waals surface area contributed by atoms with Gasteiger partial charge in [-0.15, -0.1) is 0 Å². The van der Waals surface area contributed by atoms with Crippen molar-refractivity contribution in [2.45, 2.75) is 26.3 Å². The van der Waals surface area contributed by atoms with E-state index in [2.05, 4.69) is 20.2 Å². The number of fused-ring (bicyclic) bond motifs is 2. The standard InChI is InChI=1S/C20H17ClF2N6/c1-20(9-22)6-4-14-15(12-5-7-24-19-16(12)18(21)26-27-19)17(28-29(14)10-20)13-3-2-11(23)8-25-13/h2-3,5,7-8H,4,6,9-10H2,1H3,(H,24,26,27)/t20-/m0/s1. The molecule has 1 N–H and O–H groups in total. The van der Waals surface area contributed by atoms with Crippen molar-refractivity contribution in [2.75, 3.05) is 6.67 Å². The Morgan fingerprint density at radius 2 is 2.14 bits per heavy atom. The molecule has 4 aromatic rings. The van der Waals surface area contributed by atoms with E-state index in [1.165, 1.54) is 6.07 Å². The number of hydrogen-bond donors (Lipinski definition) is 1. The van der Waals surface area contributed by atoms with Crippen LogP contribution in [0.1, 0.15) is 19.0 Å². The Morgan fingerprint density at radius 1 is 1.28 bits per heavy atom. The third kappa shape index (κ3) is 2.90. The molecule has 0 bridgehead atoms. The van der Waals surface area contributed by atoms with E-state index in [0.29, 0.717) is 47.0 Å². The van der Waals surface area contributed by atoms with Gasteiger partial charge < -0.3 is 0 Å². The molecule has 5 rings (SSSR count). The number of rotatable bonds is 3. The molecule has 0 amide bonds. The van der Waals surface area contributed by atoms with Gasteiger partial charge in [-0.1, -0.05) is 18.5 Å². The van der Waals surface area contributed by atoms with Crippen LogP contribution in [-0.2, 0) is 13.0 Å². The van der Waals surface area contributed by atoms with E-state index < -0.39 is 17.9 Å². The highest BCUT2D eigenvalue weighted by Gasteiger charge is 2.34. The highest BCUT2D eigenvalue weighted by Crippen LogP contribution is 2.43. The van der Waals surface area contributed by atoms with E-state index in [9.17, 15) is 8.78 Å². The third-order valence-corrected chi connectivity index (χ3v) is 5.80. The van der Waals surface area contributed by atoms with E-state index in [0.717, 1.165) is 23.0 Å². The second-order valence-corrected chi connectivity index (χ2v) is 8.11. The maximum Gasteiger partial charge on any atom is 0.183 e. The number of aromatic amines is 1. The van der Waals surface area contributed by atoms with Gasteiger partial charge in [0, 0.05) is 35.0 Å². The highest BCUT2D eigenvalue weighted by atomic mass is 35.5. The molecule has 1 atom stereocenters. The Balaban J connectivity index is 1.79. The summed E-state index contributed by atoms with van der Waals surface area (Å²) in [5.74, 6) is -0.423. The van der Waals surface area contributed by atoms with Gasteiger partial charge in [-0.25, -0.2) is 9.37 Å². The zero-order chi connectivity index (χ0) is 20.2. The number of aromatic nitrogens is 6. The molecule has 0 spiro atoms. The molecule has 0 saturated heterocycles. The number of H-pyrrole nitrogens is 1. The number of nitrogens with zero attached hydrogens (tertiary/aromatic N) is 5. The van der Waals surface area contributed by atoms with Crippen molar-refractivity contribution in [1.82, 2.24) is 29.9 Å². The van der Waals surface area contributed by atoms with Crippen LogP contribution in [-0.4, -0.2) is 36.6 Å². The maximum atomic E-state index is 13.6. The Bertz CT molecular complexity index is 1220. The molecule has 5 heterocycles. The summed E-state index contributed by atoms with van der Waals surface area (Å²) in [6.07, 6.45) is 4.18. The first-order valence-electron chi connectivity index (χ1n) is 9.26. The third-order valence-electron chi connectivity index (χ3n) is 5.53. The lowest BCUT2D eigenvalue weighted by Crippen LogP contribution is -2.32. The zero-order valence-electron chi connectivity index (χ0n) is 15.6. The number of halogens is 3. The molecule has 29 heavy (non-hydrogen) atoms. The predicted molar refractivity (Wildman–Crippen MR) is 106 cm³/mol. The molecule has 1 aliphatic rings.